The molecule has 0 bridgehead atoms. The summed E-state index contributed by atoms with van der Waals surface area (Å²) in [5.74, 6) is 0.984. The third kappa shape index (κ3) is 6.06. The number of likely N-dealkylation sites (N-methyl/N-ethyl adjacent to an activating group) is 1. The van der Waals surface area contributed by atoms with E-state index in [9.17, 15) is 4.79 Å². The van der Waals surface area contributed by atoms with E-state index in [0.29, 0.717) is 6.42 Å². The van der Waals surface area contributed by atoms with Gasteiger partial charge in [0.25, 0.3) is 0 Å². The minimum atomic E-state index is 0.167. The highest BCUT2D eigenvalue weighted by Crippen LogP contribution is 2.12. The standard InChI is InChI=1S/C16H26N2O2/c1-17(2)11-5-6-12-18(3)16(19)13-14-7-9-15(20-4)10-8-14/h7-10H,5-6,11-13H2,1-4H3. The summed E-state index contributed by atoms with van der Waals surface area (Å²) in [6.45, 7) is 1.89. The molecular formula is C16H26N2O2. The van der Waals surface area contributed by atoms with E-state index in [0.717, 1.165) is 37.2 Å². The van der Waals surface area contributed by atoms with Gasteiger partial charge in [-0.3, -0.25) is 4.79 Å². The van der Waals surface area contributed by atoms with E-state index in [1.54, 1.807) is 7.11 Å². The molecule has 4 heteroatoms. The highest BCUT2D eigenvalue weighted by atomic mass is 16.5. The lowest BCUT2D eigenvalue weighted by Crippen LogP contribution is -2.29. The largest absolute Gasteiger partial charge is 0.497 e. The average Bonchev–Trinajstić information content (AvgIpc) is 2.44. The van der Waals surface area contributed by atoms with Crippen molar-refractivity contribution < 1.29 is 9.53 Å². The molecule has 0 aliphatic carbocycles. The van der Waals surface area contributed by atoms with Gasteiger partial charge in [-0.2, -0.15) is 0 Å². The monoisotopic (exact) mass is 278 g/mol. The molecule has 20 heavy (non-hydrogen) atoms. The molecular weight excluding hydrogens is 252 g/mol. The van der Waals surface area contributed by atoms with Crippen molar-refractivity contribution in [2.45, 2.75) is 19.3 Å². The summed E-state index contributed by atoms with van der Waals surface area (Å²) in [6, 6.07) is 7.66. The number of carbonyl (C=O) groups excluding carboxylic acids is 1. The maximum Gasteiger partial charge on any atom is 0.226 e. The fourth-order valence-corrected chi connectivity index (χ4v) is 1.95. The van der Waals surface area contributed by atoms with Crippen molar-refractivity contribution in [1.82, 2.24) is 9.80 Å². The van der Waals surface area contributed by atoms with Crippen LogP contribution in [0.3, 0.4) is 0 Å². The first-order valence-corrected chi connectivity index (χ1v) is 7.04. The van der Waals surface area contributed by atoms with Gasteiger partial charge in [0, 0.05) is 13.6 Å². The number of amides is 1. The van der Waals surface area contributed by atoms with Gasteiger partial charge in [-0.15, -0.1) is 0 Å². The average molecular weight is 278 g/mol. The topological polar surface area (TPSA) is 32.8 Å². The van der Waals surface area contributed by atoms with Gasteiger partial charge in [0.2, 0.25) is 5.91 Å². The molecule has 0 saturated heterocycles. The van der Waals surface area contributed by atoms with Gasteiger partial charge < -0.3 is 14.5 Å². The zero-order chi connectivity index (χ0) is 15.0. The number of hydrogen-bond donors (Lipinski definition) is 0. The molecule has 0 aromatic heterocycles. The van der Waals surface area contributed by atoms with Crippen LogP contribution in [-0.4, -0.2) is 57.0 Å². The van der Waals surface area contributed by atoms with Crippen LogP contribution in [0.25, 0.3) is 0 Å². The fraction of sp³-hybridized carbons (Fsp3) is 0.562. The summed E-state index contributed by atoms with van der Waals surface area (Å²) in [5, 5.41) is 0. The molecule has 0 saturated carbocycles. The molecule has 0 spiro atoms. The highest BCUT2D eigenvalue weighted by molar-refractivity contribution is 5.78. The van der Waals surface area contributed by atoms with Gasteiger partial charge in [0.15, 0.2) is 0 Å². The van der Waals surface area contributed by atoms with Crippen LogP contribution >= 0.6 is 0 Å². The second-order valence-electron chi connectivity index (χ2n) is 5.35. The van der Waals surface area contributed by atoms with E-state index in [4.69, 9.17) is 4.74 Å². The molecule has 1 aromatic carbocycles. The SMILES string of the molecule is COc1ccc(CC(=O)N(C)CCCCN(C)C)cc1. The Bertz CT molecular complexity index is 401. The fourth-order valence-electron chi connectivity index (χ4n) is 1.95. The Morgan fingerprint density at radius 2 is 1.65 bits per heavy atom. The van der Waals surface area contributed by atoms with Crippen LogP contribution in [0.2, 0.25) is 0 Å². The molecule has 112 valence electrons. The molecule has 0 radical (unpaired) electrons. The smallest absolute Gasteiger partial charge is 0.226 e. The first-order valence-electron chi connectivity index (χ1n) is 7.04. The summed E-state index contributed by atoms with van der Waals surface area (Å²) < 4.78 is 5.11. The van der Waals surface area contributed by atoms with Crippen molar-refractivity contribution in [3.05, 3.63) is 29.8 Å². The molecule has 0 aliphatic heterocycles. The van der Waals surface area contributed by atoms with E-state index < -0.39 is 0 Å². The molecule has 1 aromatic rings. The molecule has 0 atom stereocenters. The second-order valence-corrected chi connectivity index (χ2v) is 5.35. The number of nitrogens with zero attached hydrogens (tertiary/aromatic N) is 2. The molecule has 0 heterocycles. The number of methoxy groups -OCH3 is 1. The van der Waals surface area contributed by atoms with Gasteiger partial charge in [0.05, 0.1) is 13.5 Å². The van der Waals surface area contributed by atoms with E-state index >= 15 is 0 Å². The highest BCUT2D eigenvalue weighted by Gasteiger charge is 2.09. The van der Waals surface area contributed by atoms with Crippen LogP contribution in [0.15, 0.2) is 24.3 Å². The van der Waals surface area contributed by atoms with Crippen LogP contribution in [0.4, 0.5) is 0 Å². The van der Waals surface area contributed by atoms with Gasteiger partial charge in [-0.25, -0.2) is 0 Å². The van der Waals surface area contributed by atoms with Crippen molar-refractivity contribution in [2.24, 2.45) is 0 Å². The van der Waals surface area contributed by atoms with Gasteiger partial charge in [0.1, 0.15) is 5.75 Å². The predicted octanol–water partition coefficient (Wildman–Crippen LogP) is 2.04. The summed E-state index contributed by atoms with van der Waals surface area (Å²) in [7, 11) is 7.65. The number of rotatable bonds is 8. The van der Waals surface area contributed by atoms with E-state index in [1.165, 1.54) is 0 Å². The minimum absolute atomic E-state index is 0.167. The summed E-state index contributed by atoms with van der Waals surface area (Å²) >= 11 is 0. The number of benzene rings is 1. The Morgan fingerprint density at radius 1 is 1.05 bits per heavy atom. The number of ether oxygens (including phenoxy) is 1. The van der Waals surface area contributed by atoms with Crippen molar-refractivity contribution in [2.75, 3.05) is 41.3 Å². The summed E-state index contributed by atoms with van der Waals surface area (Å²) in [4.78, 5) is 16.1. The Labute approximate surface area is 122 Å². The molecule has 1 rings (SSSR count). The number of hydrogen-bond acceptors (Lipinski definition) is 3. The molecule has 0 fully saturated rings. The lowest BCUT2D eigenvalue weighted by Gasteiger charge is -2.18. The van der Waals surface area contributed by atoms with Crippen molar-refractivity contribution in [1.29, 1.82) is 0 Å². The van der Waals surface area contributed by atoms with Crippen LogP contribution in [0, 0.1) is 0 Å². The second kappa shape index (κ2) is 8.59. The quantitative estimate of drug-likeness (QED) is 0.682. The van der Waals surface area contributed by atoms with E-state index in [1.807, 2.05) is 36.2 Å². The summed E-state index contributed by atoms with van der Waals surface area (Å²) in [6.07, 6.45) is 2.62. The molecule has 1 amide bonds. The van der Waals surface area contributed by atoms with Gasteiger partial charge in [-0.05, 0) is 51.2 Å². The van der Waals surface area contributed by atoms with Crippen molar-refractivity contribution in [3.8, 4) is 5.75 Å². The Kier molecular flexibility index (Phi) is 7.09. The lowest BCUT2D eigenvalue weighted by molar-refractivity contribution is -0.129. The predicted molar refractivity (Wildman–Crippen MR) is 82.1 cm³/mol. The van der Waals surface area contributed by atoms with Crippen molar-refractivity contribution in [3.63, 3.8) is 0 Å². The molecule has 0 aliphatic rings. The zero-order valence-electron chi connectivity index (χ0n) is 13.1. The third-order valence-electron chi connectivity index (χ3n) is 3.29. The maximum atomic E-state index is 12.1. The minimum Gasteiger partial charge on any atom is -0.497 e. The van der Waals surface area contributed by atoms with Gasteiger partial charge in [-0.1, -0.05) is 12.1 Å². The van der Waals surface area contributed by atoms with Crippen molar-refractivity contribution >= 4 is 5.91 Å². The molecule has 0 unspecified atom stereocenters. The number of carbonyl (C=O) groups is 1. The first kappa shape index (κ1) is 16.5. The van der Waals surface area contributed by atoms with Crippen LogP contribution in [0.5, 0.6) is 5.75 Å². The lowest BCUT2D eigenvalue weighted by atomic mass is 10.1. The Balaban J connectivity index is 2.33. The van der Waals surface area contributed by atoms with Gasteiger partial charge >= 0.3 is 0 Å². The molecule has 0 N–H and O–H groups in total. The van der Waals surface area contributed by atoms with E-state index in [2.05, 4.69) is 19.0 Å². The van der Waals surface area contributed by atoms with E-state index in [-0.39, 0.29) is 5.91 Å². The zero-order valence-corrected chi connectivity index (χ0v) is 13.1. The Morgan fingerprint density at radius 3 is 2.20 bits per heavy atom. The maximum absolute atomic E-state index is 12.1. The summed E-state index contributed by atoms with van der Waals surface area (Å²) in [5.41, 5.74) is 1.02. The normalized spacial score (nSPS) is 10.7. The third-order valence-corrected chi connectivity index (χ3v) is 3.29. The van der Waals surface area contributed by atoms with Crippen LogP contribution in [0.1, 0.15) is 18.4 Å². The van der Waals surface area contributed by atoms with Crippen LogP contribution in [-0.2, 0) is 11.2 Å². The molecule has 4 nitrogen and oxygen atoms in total. The Hall–Kier alpha value is -1.55. The van der Waals surface area contributed by atoms with Crippen LogP contribution < -0.4 is 4.74 Å². The number of unbranched alkanes of at least 4 members (excludes halogenated alkanes) is 1. The first-order chi connectivity index (χ1) is 9.52.